The number of rotatable bonds is 4. The standard InChI is InChI=1S/C13H16N2O5S/c16-12-5-7-15(8-6-14-12)21(19,20)11-3-1-10(2-4-11)9-13(17)18/h1-4H,5-9H2,(H,14,16)(H,17,18). The lowest BCUT2D eigenvalue weighted by atomic mass is 10.2. The number of carboxylic acids is 1. The van der Waals surface area contributed by atoms with Gasteiger partial charge in [-0.15, -0.1) is 0 Å². The number of hydrogen-bond donors (Lipinski definition) is 2. The molecule has 0 unspecified atom stereocenters. The number of nitrogens with zero attached hydrogens (tertiary/aromatic N) is 1. The molecule has 7 nitrogen and oxygen atoms in total. The second-order valence-electron chi connectivity index (χ2n) is 4.72. The summed E-state index contributed by atoms with van der Waals surface area (Å²) in [6, 6.07) is 5.77. The Morgan fingerprint density at radius 2 is 1.90 bits per heavy atom. The molecule has 2 N–H and O–H groups in total. The normalized spacial score (nSPS) is 17.0. The lowest BCUT2D eigenvalue weighted by molar-refractivity contribution is -0.136. The van der Waals surface area contributed by atoms with Gasteiger partial charge in [0.2, 0.25) is 15.9 Å². The van der Waals surface area contributed by atoms with Gasteiger partial charge >= 0.3 is 5.97 Å². The molecular formula is C13H16N2O5S. The average molecular weight is 312 g/mol. The molecule has 0 aliphatic carbocycles. The van der Waals surface area contributed by atoms with Crippen LogP contribution in [-0.2, 0) is 26.0 Å². The van der Waals surface area contributed by atoms with Gasteiger partial charge in [0.15, 0.2) is 0 Å². The highest BCUT2D eigenvalue weighted by atomic mass is 32.2. The van der Waals surface area contributed by atoms with Gasteiger partial charge in [-0.1, -0.05) is 12.1 Å². The Kier molecular flexibility index (Phi) is 4.59. The Bertz CT molecular complexity index is 639. The first kappa shape index (κ1) is 15.5. The fraction of sp³-hybridized carbons (Fsp3) is 0.385. The molecule has 114 valence electrons. The third-order valence-electron chi connectivity index (χ3n) is 3.19. The molecule has 1 fully saturated rings. The van der Waals surface area contributed by atoms with Crippen molar-refractivity contribution < 1.29 is 23.1 Å². The van der Waals surface area contributed by atoms with Gasteiger partial charge in [0.25, 0.3) is 0 Å². The Hall–Kier alpha value is -1.93. The minimum Gasteiger partial charge on any atom is -0.481 e. The van der Waals surface area contributed by atoms with Crippen molar-refractivity contribution in [2.75, 3.05) is 19.6 Å². The Labute approximate surface area is 122 Å². The van der Waals surface area contributed by atoms with Crippen molar-refractivity contribution in [1.29, 1.82) is 0 Å². The van der Waals surface area contributed by atoms with Crippen LogP contribution in [0.2, 0.25) is 0 Å². The number of carbonyl (C=O) groups is 2. The van der Waals surface area contributed by atoms with Crippen molar-refractivity contribution in [3.63, 3.8) is 0 Å². The van der Waals surface area contributed by atoms with Gasteiger partial charge in [0.1, 0.15) is 0 Å². The molecule has 1 aliphatic heterocycles. The fourth-order valence-electron chi connectivity index (χ4n) is 2.09. The molecule has 0 aromatic heterocycles. The topological polar surface area (TPSA) is 104 Å². The summed E-state index contributed by atoms with van der Waals surface area (Å²) in [6.45, 7) is 0.658. The quantitative estimate of drug-likeness (QED) is 0.803. The Morgan fingerprint density at radius 3 is 2.52 bits per heavy atom. The van der Waals surface area contributed by atoms with E-state index in [1.54, 1.807) is 0 Å². The number of hydrogen-bond acceptors (Lipinski definition) is 4. The number of amides is 1. The highest BCUT2D eigenvalue weighted by Gasteiger charge is 2.26. The number of carboxylic acid groups (broad SMARTS) is 1. The Balaban J connectivity index is 2.18. The molecule has 0 atom stereocenters. The van der Waals surface area contributed by atoms with Crippen LogP contribution in [0.4, 0.5) is 0 Å². The van der Waals surface area contributed by atoms with Crippen LogP contribution >= 0.6 is 0 Å². The van der Waals surface area contributed by atoms with Gasteiger partial charge in [-0.2, -0.15) is 4.31 Å². The molecule has 1 aromatic rings. The van der Waals surface area contributed by atoms with E-state index in [1.807, 2.05) is 0 Å². The summed E-state index contributed by atoms with van der Waals surface area (Å²) in [7, 11) is -3.66. The van der Waals surface area contributed by atoms with Gasteiger partial charge in [-0.3, -0.25) is 9.59 Å². The lowest BCUT2D eigenvalue weighted by Gasteiger charge is -2.19. The second kappa shape index (κ2) is 6.23. The van der Waals surface area contributed by atoms with Crippen LogP contribution in [0.15, 0.2) is 29.2 Å². The summed E-state index contributed by atoms with van der Waals surface area (Å²) in [5.74, 6) is -1.13. The summed E-state index contributed by atoms with van der Waals surface area (Å²) in [4.78, 5) is 22.0. The molecule has 1 aliphatic rings. The fourth-order valence-corrected chi connectivity index (χ4v) is 3.53. The van der Waals surface area contributed by atoms with E-state index in [2.05, 4.69) is 5.32 Å². The maximum atomic E-state index is 12.5. The molecule has 21 heavy (non-hydrogen) atoms. The molecule has 2 rings (SSSR count). The highest BCUT2D eigenvalue weighted by molar-refractivity contribution is 7.89. The average Bonchev–Trinajstić information content (AvgIpc) is 2.64. The minimum atomic E-state index is -3.66. The van der Waals surface area contributed by atoms with E-state index in [1.165, 1.54) is 28.6 Å². The molecule has 8 heteroatoms. The van der Waals surface area contributed by atoms with Gasteiger partial charge in [-0.25, -0.2) is 8.42 Å². The predicted molar refractivity (Wildman–Crippen MR) is 74.2 cm³/mol. The van der Waals surface area contributed by atoms with Crippen LogP contribution in [0.5, 0.6) is 0 Å². The molecule has 0 spiro atoms. The third-order valence-corrected chi connectivity index (χ3v) is 5.10. The van der Waals surface area contributed by atoms with Gasteiger partial charge < -0.3 is 10.4 Å². The zero-order valence-corrected chi connectivity index (χ0v) is 12.1. The highest BCUT2D eigenvalue weighted by Crippen LogP contribution is 2.17. The van der Waals surface area contributed by atoms with Crippen LogP contribution in [0, 0.1) is 0 Å². The molecule has 0 bridgehead atoms. The smallest absolute Gasteiger partial charge is 0.307 e. The van der Waals surface area contributed by atoms with Crippen molar-refractivity contribution in [2.24, 2.45) is 0 Å². The molecule has 1 saturated heterocycles. The summed E-state index contributed by atoms with van der Waals surface area (Å²) < 4.78 is 26.2. The van der Waals surface area contributed by atoms with Crippen molar-refractivity contribution >= 4 is 21.9 Å². The van der Waals surface area contributed by atoms with Crippen LogP contribution in [0.25, 0.3) is 0 Å². The monoisotopic (exact) mass is 312 g/mol. The molecule has 0 saturated carbocycles. The molecule has 0 radical (unpaired) electrons. The lowest BCUT2D eigenvalue weighted by Crippen LogP contribution is -2.34. The second-order valence-corrected chi connectivity index (χ2v) is 6.66. The number of sulfonamides is 1. The molecular weight excluding hydrogens is 296 g/mol. The first-order valence-corrected chi connectivity index (χ1v) is 7.91. The van der Waals surface area contributed by atoms with E-state index in [-0.39, 0.29) is 43.3 Å². The van der Waals surface area contributed by atoms with E-state index < -0.39 is 16.0 Å². The zero-order valence-electron chi connectivity index (χ0n) is 11.3. The third kappa shape index (κ3) is 3.79. The number of benzene rings is 1. The van der Waals surface area contributed by atoms with Crippen molar-refractivity contribution in [3.05, 3.63) is 29.8 Å². The summed E-state index contributed by atoms with van der Waals surface area (Å²) in [5, 5.41) is 11.3. The van der Waals surface area contributed by atoms with Crippen molar-refractivity contribution in [1.82, 2.24) is 9.62 Å². The molecule has 1 heterocycles. The van der Waals surface area contributed by atoms with Gasteiger partial charge in [-0.05, 0) is 17.7 Å². The van der Waals surface area contributed by atoms with E-state index in [4.69, 9.17) is 5.11 Å². The van der Waals surface area contributed by atoms with E-state index in [0.717, 1.165) is 0 Å². The number of aliphatic carboxylic acids is 1. The summed E-state index contributed by atoms with van der Waals surface area (Å²) >= 11 is 0. The van der Waals surface area contributed by atoms with E-state index in [0.29, 0.717) is 5.56 Å². The SMILES string of the molecule is O=C(O)Cc1ccc(S(=O)(=O)N2CCNC(=O)CC2)cc1. The van der Waals surface area contributed by atoms with Crippen LogP contribution in [0.3, 0.4) is 0 Å². The predicted octanol–water partition coefficient (Wildman–Crippen LogP) is -0.176. The minimum absolute atomic E-state index is 0.103. The van der Waals surface area contributed by atoms with Gasteiger partial charge in [0, 0.05) is 26.1 Å². The molecule has 1 amide bonds. The Morgan fingerprint density at radius 1 is 1.24 bits per heavy atom. The first-order valence-electron chi connectivity index (χ1n) is 6.47. The van der Waals surface area contributed by atoms with Crippen LogP contribution in [0.1, 0.15) is 12.0 Å². The maximum Gasteiger partial charge on any atom is 0.307 e. The van der Waals surface area contributed by atoms with Crippen molar-refractivity contribution in [3.8, 4) is 0 Å². The van der Waals surface area contributed by atoms with Crippen LogP contribution < -0.4 is 5.32 Å². The van der Waals surface area contributed by atoms with Gasteiger partial charge in [0.05, 0.1) is 11.3 Å². The number of nitrogens with one attached hydrogen (secondary N) is 1. The number of carbonyl (C=O) groups excluding carboxylic acids is 1. The maximum absolute atomic E-state index is 12.5. The van der Waals surface area contributed by atoms with Crippen molar-refractivity contribution in [2.45, 2.75) is 17.7 Å². The summed E-state index contributed by atoms with van der Waals surface area (Å²) in [5.41, 5.74) is 0.536. The van der Waals surface area contributed by atoms with Crippen LogP contribution in [-0.4, -0.2) is 49.3 Å². The molecule has 1 aromatic carbocycles. The van der Waals surface area contributed by atoms with E-state index in [9.17, 15) is 18.0 Å². The first-order chi connectivity index (χ1) is 9.89. The van der Waals surface area contributed by atoms with E-state index >= 15 is 0 Å². The zero-order chi connectivity index (χ0) is 15.5. The summed E-state index contributed by atoms with van der Waals surface area (Å²) in [6.07, 6.45) is -0.0151. The largest absolute Gasteiger partial charge is 0.481 e.